The highest BCUT2D eigenvalue weighted by atomic mass is 19.1. The Morgan fingerprint density at radius 2 is 1.81 bits per heavy atom. The van der Waals surface area contributed by atoms with Gasteiger partial charge in [0.15, 0.2) is 17.4 Å². The summed E-state index contributed by atoms with van der Waals surface area (Å²) in [7, 11) is 0. The van der Waals surface area contributed by atoms with Gasteiger partial charge in [-0.25, -0.2) is 9.37 Å². The van der Waals surface area contributed by atoms with Crippen LogP contribution in [0, 0.1) is 5.82 Å². The Labute approximate surface area is 180 Å². The first-order valence-electron chi connectivity index (χ1n) is 10.3. The molecule has 3 aromatic rings. The monoisotopic (exact) mass is 421 g/mol. The molecule has 0 aliphatic carbocycles. The molecule has 1 aliphatic rings. The van der Waals surface area contributed by atoms with Gasteiger partial charge in [-0.15, -0.1) is 0 Å². The number of nitrogens with zero attached hydrogens (tertiary/aromatic N) is 3. The highest BCUT2D eigenvalue weighted by molar-refractivity contribution is 5.94. The van der Waals surface area contributed by atoms with Gasteiger partial charge < -0.3 is 14.2 Å². The molecule has 2 aromatic carbocycles. The molecule has 0 spiro atoms. The van der Waals surface area contributed by atoms with E-state index in [0.717, 1.165) is 5.56 Å². The number of amides is 1. The lowest BCUT2D eigenvalue weighted by Gasteiger charge is -2.36. The number of piperazine rings is 1. The zero-order valence-electron chi connectivity index (χ0n) is 17.4. The van der Waals surface area contributed by atoms with Crippen molar-refractivity contribution in [2.45, 2.75) is 19.8 Å². The fourth-order valence-electron chi connectivity index (χ4n) is 3.71. The molecular weight excluding hydrogens is 397 g/mol. The third kappa shape index (κ3) is 4.82. The number of hydrogen-bond donors (Lipinski definition) is 0. The predicted molar refractivity (Wildman–Crippen MR) is 115 cm³/mol. The zero-order chi connectivity index (χ0) is 21.8. The summed E-state index contributed by atoms with van der Waals surface area (Å²) in [5.41, 5.74) is 1.77. The minimum absolute atomic E-state index is 0.0338. The number of benzene rings is 2. The Hall–Kier alpha value is -3.48. The van der Waals surface area contributed by atoms with Crippen molar-refractivity contribution in [3.8, 4) is 11.3 Å². The van der Waals surface area contributed by atoms with E-state index in [4.69, 9.17) is 4.42 Å². The smallest absolute Gasteiger partial charge is 0.223 e. The summed E-state index contributed by atoms with van der Waals surface area (Å²) in [6, 6.07) is 14.3. The number of aromatic nitrogens is 1. The van der Waals surface area contributed by atoms with Crippen molar-refractivity contribution in [3.05, 3.63) is 72.0 Å². The number of carbonyl (C=O) groups is 2. The average Bonchev–Trinajstić information content (AvgIpc) is 3.27. The normalized spacial score (nSPS) is 14.0. The molecule has 0 N–H and O–H groups in total. The molecule has 6 nitrogen and oxygen atoms in total. The highest BCUT2D eigenvalue weighted by Gasteiger charge is 2.23. The van der Waals surface area contributed by atoms with Gasteiger partial charge in [0.05, 0.1) is 11.9 Å². The van der Waals surface area contributed by atoms with Gasteiger partial charge in [-0.1, -0.05) is 30.3 Å². The third-order valence-electron chi connectivity index (χ3n) is 5.49. The summed E-state index contributed by atoms with van der Waals surface area (Å²) < 4.78 is 20.2. The van der Waals surface area contributed by atoms with Crippen molar-refractivity contribution in [1.29, 1.82) is 0 Å². The number of Topliss-reactive ketones (excluding diaryl/α,β-unsaturated/α-hetero) is 1. The van der Waals surface area contributed by atoms with Crippen LogP contribution < -0.4 is 4.90 Å². The van der Waals surface area contributed by atoms with Crippen LogP contribution >= 0.6 is 0 Å². The molecule has 0 radical (unpaired) electrons. The van der Waals surface area contributed by atoms with Gasteiger partial charge >= 0.3 is 0 Å². The predicted octanol–water partition coefficient (Wildman–Crippen LogP) is 3.96. The van der Waals surface area contributed by atoms with E-state index < -0.39 is 5.82 Å². The van der Waals surface area contributed by atoms with Crippen LogP contribution in [0.3, 0.4) is 0 Å². The molecule has 0 unspecified atom stereocenters. The molecular formula is C24H24FN3O3. The first kappa shape index (κ1) is 20.8. The van der Waals surface area contributed by atoms with Crippen LogP contribution in [0.4, 0.5) is 10.1 Å². The van der Waals surface area contributed by atoms with Crippen LogP contribution in [0.15, 0.2) is 59.1 Å². The summed E-state index contributed by atoms with van der Waals surface area (Å²) in [5.74, 6) is 0.688. The lowest BCUT2D eigenvalue weighted by molar-refractivity contribution is -0.131. The molecule has 1 aliphatic heterocycles. The Kier molecular flexibility index (Phi) is 6.11. The van der Waals surface area contributed by atoms with Gasteiger partial charge in [-0.2, -0.15) is 0 Å². The fraction of sp³-hybridized carbons (Fsp3) is 0.292. The molecule has 1 aromatic heterocycles. The quantitative estimate of drug-likeness (QED) is 0.564. The van der Waals surface area contributed by atoms with E-state index in [2.05, 4.69) is 4.98 Å². The lowest BCUT2D eigenvalue weighted by atomic mass is 10.1. The molecule has 2 heterocycles. The first-order valence-corrected chi connectivity index (χ1v) is 10.3. The molecule has 0 atom stereocenters. The molecule has 0 saturated carbocycles. The van der Waals surface area contributed by atoms with E-state index in [-0.39, 0.29) is 11.7 Å². The molecule has 31 heavy (non-hydrogen) atoms. The van der Waals surface area contributed by atoms with Gasteiger partial charge in [-0.05, 0) is 25.1 Å². The number of ketones is 1. The van der Waals surface area contributed by atoms with E-state index in [1.54, 1.807) is 23.2 Å². The summed E-state index contributed by atoms with van der Waals surface area (Å²) >= 11 is 0. The highest BCUT2D eigenvalue weighted by Crippen LogP contribution is 2.23. The van der Waals surface area contributed by atoms with Gasteiger partial charge in [0.1, 0.15) is 5.82 Å². The molecule has 0 bridgehead atoms. The van der Waals surface area contributed by atoms with Crippen molar-refractivity contribution in [2.75, 3.05) is 31.1 Å². The standard InChI is InChI=1S/C24H24FN3O3/c1-17(29)19-7-8-21(20(25)15-19)27-11-13-28(14-12-27)24(30)10-9-23-26-16-22(31-23)18-5-3-2-4-6-18/h2-8,15-16H,9-14H2,1H3. The number of aryl methyl sites for hydroxylation is 1. The van der Waals surface area contributed by atoms with Gasteiger partial charge in [0, 0.05) is 50.1 Å². The molecule has 160 valence electrons. The molecule has 4 rings (SSSR count). The average molecular weight is 421 g/mol. The van der Waals surface area contributed by atoms with E-state index in [1.165, 1.54) is 13.0 Å². The van der Waals surface area contributed by atoms with Crippen LogP contribution in [-0.4, -0.2) is 47.8 Å². The van der Waals surface area contributed by atoms with Gasteiger partial charge in [-0.3, -0.25) is 9.59 Å². The van der Waals surface area contributed by atoms with Crippen molar-refractivity contribution in [1.82, 2.24) is 9.88 Å². The maximum absolute atomic E-state index is 14.4. The van der Waals surface area contributed by atoms with Crippen LogP contribution in [-0.2, 0) is 11.2 Å². The number of rotatable bonds is 6. The molecule has 1 amide bonds. The van der Waals surface area contributed by atoms with Gasteiger partial charge in [0.25, 0.3) is 0 Å². The summed E-state index contributed by atoms with van der Waals surface area (Å²) in [6.45, 7) is 3.54. The van der Waals surface area contributed by atoms with E-state index in [0.29, 0.717) is 61.9 Å². The van der Waals surface area contributed by atoms with Crippen molar-refractivity contribution in [3.63, 3.8) is 0 Å². The largest absolute Gasteiger partial charge is 0.441 e. The van der Waals surface area contributed by atoms with Crippen LogP contribution in [0.2, 0.25) is 0 Å². The second-order valence-corrected chi connectivity index (χ2v) is 7.57. The summed E-state index contributed by atoms with van der Waals surface area (Å²) in [6.07, 6.45) is 2.43. The lowest BCUT2D eigenvalue weighted by Crippen LogP contribution is -2.49. The third-order valence-corrected chi connectivity index (χ3v) is 5.49. The second kappa shape index (κ2) is 9.12. The number of oxazole rings is 1. The van der Waals surface area contributed by atoms with Crippen molar-refractivity contribution < 1.29 is 18.4 Å². The maximum Gasteiger partial charge on any atom is 0.223 e. The molecule has 1 saturated heterocycles. The Bertz CT molecular complexity index is 1070. The number of carbonyl (C=O) groups excluding carboxylic acids is 2. The minimum atomic E-state index is -0.411. The second-order valence-electron chi connectivity index (χ2n) is 7.57. The SMILES string of the molecule is CC(=O)c1ccc(N2CCN(C(=O)CCc3ncc(-c4ccccc4)o3)CC2)c(F)c1. The summed E-state index contributed by atoms with van der Waals surface area (Å²) in [5, 5.41) is 0. The van der Waals surface area contributed by atoms with Crippen LogP contribution in [0.5, 0.6) is 0 Å². The number of anilines is 1. The zero-order valence-corrected chi connectivity index (χ0v) is 17.4. The summed E-state index contributed by atoms with van der Waals surface area (Å²) in [4.78, 5) is 32.0. The Morgan fingerprint density at radius 3 is 2.48 bits per heavy atom. The van der Waals surface area contributed by atoms with Crippen LogP contribution in [0.25, 0.3) is 11.3 Å². The Balaban J connectivity index is 1.29. The number of hydrogen-bond acceptors (Lipinski definition) is 5. The Morgan fingerprint density at radius 1 is 1.06 bits per heavy atom. The van der Waals surface area contributed by atoms with E-state index in [9.17, 15) is 14.0 Å². The van der Waals surface area contributed by atoms with Crippen molar-refractivity contribution in [2.24, 2.45) is 0 Å². The number of halogens is 1. The fourth-order valence-corrected chi connectivity index (χ4v) is 3.71. The minimum Gasteiger partial charge on any atom is -0.441 e. The molecule has 1 fully saturated rings. The topological polar surface area (TPSA) is 66.7 Å². The van der Waals surface area contributed by atoms with Crippen LogP contribution in [0.1, 0.15) is 29.6 Å². The molecule has 7 heteroatoms. The van der Waals surface area contributed by atoms with E-state index in [1.807, 2.05) is 35.2 Å². The van der Waals surface area contributed by atoms with Crippen molar-refractivity contribution >= 4 is 17.4 Å². The first-order chi connectivity index (χ1) is 15.0. The van der Waals surface area contributed by atoms with Gasteiger partial charge in [0.2, 0.25) is 5.91 Å². The maximum atomic E-state index is 14.4. The van der Waals surface area contributed by atoms with E-state index >= 15 is 0 Å².